The van der Waals surface area contributed by atoms with Crippen LogP contribution in [0.15, 0.2) is 0 Å². The summed E-state index contributed by atoms with van der Waals surface area (Å²) in [5.41, 5.74) is 0. The lowest BCUT2D eigenvalue weighted by Gasteiger charge is -2.25. The predicted octanol–water partition coefficient (Wildman–Crippen LogP) is 5.04. The molecular formula is C21H38N4OS. The molecule has 1 aromatic rings. The van der Waals surface area contributed by atoms with Gasteiger partial charge in [-0.25, -0.2) is 4.98 Å². The molecule has 0 bridgehead atoms. The molecule has 1 aromatic heterocycles. The highest BCUT2D eigenvalue weighted by Gasteiger charge is 2.21. The maximum absolute atomic E-state index is 12.8. The first-order valence-corrected chi connectivity index (χ1v) is 11.8. The number of nitrogens with one attached hydrogen (secondary N) is 2. The molecule has 1 aliphatic heterocycles. The van der Waals surface area contributed by atoms with Crippen molar-refractivity contribution in [1.82, 2.24) is 15.2 Å². The van der Waals surface area contributed by atoms with E-state index in [9.17, 15) is 4.79 Å². The van der Waals surface area contributed by atoms with Crippen LogP contribution in [0.25, 0.3) is 0 Å². The molecule has 6 heteroatoms. The van der Waals surface area contributed by atoms with Gasteiger partial charge in [0.1, 0.15) is 15.7 Å². The number of likely N-dealkylation sites (tertiary alicyclic amines) is 1. The molecule has 1 fully saturated rings. The summed E-state index contributed by atoms with van der Waals surface area (Å²) in [6, 6.07) is 0.238. The van der Waals surface area contributed by atoms with Gasteiger partial charge in [-0.05, 0) is 45.2 Å². The van der Waals surface area contributed by atoms with Crippen LogP contribution < -0.4 is 10.6 Å². The minimum atomic E-state index is 0.0298. The normalized spacial score (nSPS) is 15.3. The van der Waals surface area contributed by atoms with Gasteiger partial charge >= 0.3 is 0 Å². The number of thiazole rings is 1. The number of piperidine rings is 1. The molecule has 154 valence electrons. The molecule has 0 aromatic carbocycles. The molecule has 2 heterocycles. The average Bonchev–Trinajstić information content (AvgIpc) is 3.09. The molecule has 0 saturated carbocycles. The summed E-state index contributed by atoms with van der Waals surface area (Å²) in [6.07, 6.45) is 10.7. The lowest BCUT2D eigenvalue weighted by Crippen LogP contribution is -2.33. The van der Waals surface area contributed by atoms with E-state index in [2.05, 4.69) is 36.3 Å². The number of hydrogen-bond donors (Lipinski definition) is 2. The monoisotopic (exact) mass is 394 g/mol. The van der Waals surface area contributed by atoms with E-state index >= 15 is 0 Å². The molecule has 0 radical (unpaired) electrons. The van der Waals surface area contributed by atoms with Gasteiger partial charge in [0.2, 0.25) is 0 Å². The number of anilines is 1. The summed E-state index contributed by atoms with van der Waals surface area (Å²) in [4.78, 5) is 20.9. The number of rotatable bonds is 12. The van der Waals surface area contributed by atoms with Crippen molar-refractivity contribution in [3.8, 4) is 0 Å². The second-order valence-corrected chi connectivity index (χ2v) is 8.68. The SMILES string of the molecule is CCCCCCNc1nc(CN2CCCCC2)sc1C(=O)NC(CC)CC. The van der Waals surface area contributed by atoms with Crippen molar-refractivity contribution in [1.29, 1.82) is 0 Å². The Balaban J connectivity index is 2.03. The molecule has 1 amide bonds. The molecule has 0 atom stereocenters. The maximum Gasteiger partial charge on any atom is 0.265 e. The summed E-state index contributed by atoms with van der Waals surface area (Å²) in [5, 5.41) is 7.68. The first-order chi connectivity index (χ1) is 13.2. The third-order valence-electron chi connectivity index (χ3n) is 5.33. The smallest absolute Gasteiger partial charge is 0.265 e. The molecule has 0 spiro atoms. The van der Waals surface area contributed by atoms with Crippen molar-refractivity contribution in [2.24, 2.45) is 0 Å². The van der Waals surface area contributed by atoms with Crippen LogP contribution in [0.2, 0.25) is 0 Å². The molecule has 27 heavy (non-hydrogen) atoms. The Hall–Kier alpha value is -1.14. The quantitative estimate of drug-likeness (QED) is 0.488. The Morgan fingerprint density at radius 2 is 1.85 bits per heavy atom. The van der Waals surface area contributed by atoms with E-state index in [0.29, 0.717) is 0 Å². The highest BCUT2D eigenvalue weighted by molar-refractivity contribution is 7.14. The van der Waals surface area contributed by atoms with Gasteiger partial charge in [0.05, 0.1) is 6.54 Å². The second kappa shape index (κ2) is 12.3. The third kappa shape index (κ3) is 7.41. The van der Waals surface area contributed by atoms with E-state index in [1.165, 1.54) is 38.5 Å². The van der Waals surface area contributed by atoms with Gasteiger partial charge in [-0.15, -0.1) is 11.3 Å². The number of aromatic nitrogens is 1. The fraction of sp³-hybridized carbons (Fsp3) is 0.810. The molecule has 2 rings (SSSR count). The van der Waals surface area contributed by atoms with Gasteiger partial charge in [0.25, 0.3) is 5.91 Å². The summed E-state index contributed by atoms with van der Waals surface area (Å²) >= 11 is 1.57. The van der Waals surface area contributed by atoms with E-state index in [1.54, 1.807) is 11.3 Å². The van der Waals surface area contributed by atoms with Crippen LogP contribution in [-0.2, 0) is 6.54 Å². The Labute approximate surface area is 169 Å². The fourth-order valence-electron chi connectivity index (χ4n) is 3.52. The van der Waals surface area contributed by atoms with Crippen molar-refractivity contribution in [3.63, 3.8) is 0 Å². The van der Waals surface area contributed by atoms with Gasteiger partial charge in [-0.3, -0.25) is 9.69 Å². The molecule has 5 nitrogen and oxygen atoms in total. The van der Waals surface area contributed by atoms with Crippen LogP contribution >= 0.6 is 11.3 Å². The average molecular weight is 395 g/mol. The summed E-state index contributed by atoms with van der Waals surface area (Å²) in [7, 11) is 0. The maximum atomic E-state index is 12.8. The number of hydrogen-bond acceptors (Lipinski definition) is 5. The largest absolute Gasteiger partial charge is 0.369 e. The number of carbonyl (C=O) groups is 1. The number of nitrogens with zero attached hydrogens (tertiary/aromatic N) is 2. The number of unbranched alkanes of at least 4 members (excludes halogenated alkanes) is 3. The summed E-state index contributed by atoms with van der Waals surface area (Å²) in [5.74, 6) is 0.814. The van der Waals surface area contributed by atoms with Crippen molar-refractivity contribution >= 4 is 23.1 Å². The highest BCUT2D eigenvalue weighted by atomic mass is 32.1. The molecule has 1 aliphatic rings. The van der Waals surface area contributed by atoms with E-state index < -0.39 is 0 Å². The van der Waals surface area contributed by atoms with Crippen molar-refractivity contribution < 1.29 is 4.79 Å². The van der Waals surface area contributed by atoms with Gasteiger partial charge in [0, 0.05) is 12.6 Å². The van der Waals surface area contributed by atoms with Crippen LogP contribution in [0.3, 0.4) is 0 Å². The lowest BCUT2D eigenvalue weighted by atomic mass is 10.1. The van der Waals surface area contributed by atoms with Gasteiger partial charge < -0.3 is 10.6 Å². The van der Waals surface area contributed by atoms with Crippen LogP contribution in [-0.4, -0.2) is 41.5 Å². The Kier molecular flexibility index (Phi) is 10.1. The zero-order valence-electron chi connectivity index (χ0n) is 17.5. The summed E-state index contributed by atoms with van der Waals surface area (Å²) in [6.45, 7) is 10.5. The predicted molar refractivity (Wildman–Crippen MR) is 116 cm³/mol. The van der Waals surface area contributed by atoms with Crippen molar-refractivity contribution in [2.75, 3.05) is 25.0 Å². The lowest BCUT2D eigenvalue weighted by molar-refractivity contribution is 0.0939. The molecule has 1 saturated heterocycles. The van der Waals surface area contributed by atoms with Gasteiger partial charge in [-0.2, -0.15) is 0 Å². The molecule has 0 aliphatic carbocycles. The molecule has 0 unspecified atom stereocenters. The highest BCUT2D eigenvalue weighted by Crippen LogP contribution is 2.26. The van der Waals surface area contributed by atoms with Crippen molar-refractivity contribution in [2.45, 2.75) is 91.1 Å². The van der Waals surface area contributed by atoms with Crippen LogP contribution in [0, 0.1) is 0 Å². The minimum Gasteiger partial charge on any atom is -0.369 e. The summed E-state index contributed by atoms with van der Waals surface area (Å²) < 4.78 is 0. The first kappa shape index (κ1) is 22.2. The topological polar surface area (TPSA) is 57.3 Å². The van der Waals surface area contributed by atoms with E-state index in [0.717, 1.165) is 61.1 Å². The first-order valence-electron chi connectivity index (χ1n) is 10.9. The van der Waals surface area contributed by atoms with E-state index in [4.69, 9.17) is 4.98 Å². The Bertz CT molecular complexity index is 550. The van der Waals surface area contributed by atoms with Crippen molar-refractivity contribution in [3.05, 3.63) is 9.88 Å². The van der Waals surface area contributed by atoms with E-state index in [-0.39, 0.29) is 11.9 Å². The standard InChI is InChI=1S/C21H38N4OS/c1-4-7-8-10-13-22-20-19(21(26)23-17(5-2)6-3)27-18(24-20)16-25-14-11-9-12-15-25/h17,22H,4-16H2,1-3H3,(H,23,26). The Morgan fingerprint density at radius 1 is 1.11 bits per heavy atom. The molecular weight excluding hydrogens is 356 g/mol. The Morgan fingerprint density at radius 3 is 2.52 bits per heavy atom. The van der Waals surface area contributed by atoms with Gasteiger partial charge in [-0.1, -0.05) is 46.5 Å². The van der Waals surface area contributed by atoms with Crippen LogP contribution in [0.5, 0.6) is 0 Å². The zero-order chi connectivity index (χ0) is 19.5. The van der Waals surface area contributed by atoms with Crippen LogP contribution in [0.4, 0.5) is 5.82 Å². The third-order valence-corrected chi connectivity index (χ3v) is 6.37. The second-order valence-electron chi connectivity index (χ2n) is 7.60. The minimum absolute atomic E-state index is 0.0298. The molecule has 2 N–H and O–H groups in total. The van der Waals surface area contributed by atoms with Crippen LogP contribution in [0.1, 0.15) is 93.2 Å². The number of carbonyl (C=O) groups excluding carboxylic acids is 1. The van der Waals surface area contributed by atoms with Gasteiger partial charge in [0.15, 0.2) is 0 Å². The van der Waals surface area contributed by atoms with E-state index in [1.807, 2.05) is 0 Å². The zero-order valence-corrected chi connectivity index (χ0v) is 18.3. The fourth-order valence-corrected chi connectivity index (χ4v) is 4.50. The number of amides is 1.